The molecule has 8 nitrogen and oxygen atoms in total. The van der Waals surface area contributed by atoms with Crippen molar-refractivity contribution in [2.24, 2.45) is 0 Å². The molecule has 0 aliphatic carbocycles. The highest BCUT2D eigenvalue weighted by molar-refractivity contribution is 7.16. The van der Waals surface area contributed by atoms with Gasteiger partial charge >= 0.3 is 0 Å². The Labute approximate surface area is 142 Å². The third kappa shape index (κ3) is 3.00. The molecule has 3 aromatic heterocycles. The van der Waals surface area contributed by atoms with Crippen LogP contribution in [-0.4, -0.2) is 55.6 Å². The lowest BCUT2D eigenvalue weighted by atomic mass is 10.3. The van der Waals surface area contributed by atoms with Gasteiger partial charge in [-0.2, -0.15) is 9.61 Å². The number of aryl methyl sites for hydroxylation is 1. The Kier molecular flexibility index (Phi) is 3.95. The van der Waals surface area contributed by atoms with Crippen molar-refractivity contribution in [3.63, 3.8) is 0 Å². The summed E-state index contributed by atoms with van der Waals surface area (Å²) >= 11 is 1.48. The van der Waals surface area contributed by atoms with E-state index in [2.05, 4.69) is 29.9 Å². The third-order valence-corrected chi connectivity index (χ3v) is 4.87. The first-order chi connectivity index (χ1) is 11.7. The largest absolute Gasteiger partial charge is 0.338 e. The molecule has 9 heteroatoms. The molecule has 3 aromatic rings. The van der Waals surface area contributed by atoms with Gasteiger partial charge in [0.05, 0.1) is 6.54 Å². The van der Waals surface area contributed by atoms with E-state index in [9.17, 15) is 4.79 Å². The van der Waals surface area contributed by atoms with Crippen LogP contribution in [0, 0.1) is 6.92 Å². The maximum absolute atomic E-state index is 11.9. The topological polar surface area (TPSA) is 79.5 Å². The molecule has 1 aliphatic rings. The molecule has 0 unspecified atom stereocenters. The first-order valence-electron chi connectivity index (χ1n) is 7.80. The van der Waals surface area contributed by atoms with Crippen molar-refractivity contribution < 1.29 is 0 Å². The highest BCUT2D eigenvalue weighted by Crippen LogP contribution is 2.16. The zero-order chi connectivity index (χ0) is 16.5. The van der Waals surface area contributed by atoms with Crippen molar-refractivity contribution in [1.82, 2.24) is 29.5 Å². The third-order valence-electron chi connectivity index (χ3n) is 3.98. The van der Waals surface area contributed by atoms with Crippen LogP contribution in [0.2, 0.25) is 0 Å². The van der Waals surface area contributed by atoms with Crippen LogP contribution in [0.25, 0.3) is 4.96 Å². The molecule has 1 aliphatic heterocycles. The number of hydrogen-bond acceptors (Lipinski definition) is 8. The van der Waals surface area contributed by atoms with Crippen LogP contribution in [0.5, 0.6) is 0 Å². The molecule has 124 valence electrons. The molecule has 0 radical (unpaired) electrons. The summed E-state index contributed by atoms with van der Waals surface area (Å²) in [6, 6.07) is 3.33. The van der Waals surface area contributed by atoms with Crippen molar-refractivity contribution in [2.45, 2.75) is 13.5 Å². The number of fused-ring (bicyclic) bond motifs is 1. The Morgan fingerprint density at radius 2 is 1.92 bits per heavy atom. The quantitative estimate of drug-likeness (QED) is 0.688. The lowest BCUT2D eigenvalue weighted by Crippen LogP contribution is -2.46. The molecule has 0 bridgehead atoms. The molecule has 4 heterocycles. The molecule has 24 heavy (non-hydrogen) atoms. The molecular formula is C15H17N7OS. The van der Waals surface area contributed by atoms with E-state index in [0.717, 1.165) is 49.4 Å². The minimum atomic E-state index is -0.119. The van der Waals surface area contributed by atoms with E-state index >= 15 is 0 Å². The Morgan fingerprint density at radius 1 is 1.17 bits per heavy atom. The summed E-state index contributed by atoms with van der Waals surface area (Å²) in [4.78, 5) is 30.1. The summed E-state index contributed by atoms with van der Waals surface area (Å²) in [5.41, 5.74) is 0.609. The average molecular weight is 343 g/mol. The van der Waals surface area contributed by atoms with Crippen LogP contribution in [0.3, 0.4) is 0 Å². The summed E-state index contributed by atoms with van der Waals surface area (Å²) in [6.07, 6.45) is 3.53. The summed E-state index contributed by atoms with van der Waals surface area (Å²) in [6.45, 7) is 6.14. The summed E-state index contributed by atoms with van der Waals surface area (Å²) in [7, 11) is 0. The summed E-state index contributed by atoms with van der Waals surface area (Å²) in [5, 5.41) is 5.32. The average Bonchev–Trinajstić information content (AvgIpc) is 2.99. The predicted octanol–water partition coefficient (Wildman–Crippen LogP) is 0.572. The Balaban J connectivity index is 1.44. The second kappa shape index (κ2) is 6.25. The van der Waals surface area contributed by atoms with Crippen LogP contribution < -0.4 is 10.5 Å². The van der Waals surface area contributed by atoms with Gasteiger partial charge in [0.15, 0.2) is 0 Å². The monoisotopic (exact) mass is 343 g/mol. The number of rotatable bonds is 3. The van der Waals surface area contributed by atoms with E-state index in [1.807, 2.05) is 13.0 Å². The van der Waals surface area contributed by atoms with E-state index < -0.39 is 0 Å². The molecular weight excluding hydrogens is 326 g/mol. The molecule has 1 fully saturated rings. The van der Waals surface area contributed by atoms with Crippen LogP contribution in [-0.2, 0) is 6.54 Å². The van der Waals surface area contributed by atoms with E-state index in [1.54, 1.807) is 12.4 Å². The highest BCUT2D eigenvalue weighted by Gasteiger charge is 2.20. The van der Waals surface area contributed by atoms with Crippen molar-refractivity contribution in [3.8, 4) is 0 Å². The first kappa shape index (κ1) is 15.2. The first-order valence-corrected chi connectivity index (χ1v) is 8.61. The number of nitrogens with zero attached hydrogens (tertiary/aromatic N) is 7. The molecule has 0 atom stereocenters. The van der Waals surface area contributed by atoms with Crippen LogP contribution in [0.4, 0.5) is 5.95 Å². The SMILES string of the molecule is Cc1cc(=O)n2nc(CN3CCN(c4ncccn4)CC3)sc2n1. The minimum absolute atomic E-state index is 0.119. The Morgan fingerprint density at radius 3 is 2.67 bits per heavy atom. The van der Waals surface area contributed by atoms with Crippen molar-refractivity contribution >= 4 is 22.2 Å². The fourth-order valence-corrected chi connectivity index (χ4v) is 3.76. The molecule has 0 N–H and O–H groups in total. The van der Waals surface area contributed by atoms with Gasteiger partial charge in [-0.25, -0.2) is 15.0 Å². The van der Waals surface area contributed by atoms with Crippen molar-refractivity contribution in [3.05, 3.63) is 45.6 Å². The smallest absolute Gasteiger partial charge is 0.275 e. The highest BCUT2D eigenvalue weighted by atomic mass is 32.1. The second-order valence-corrected chi connectivity index (χ2v) is 6.78. The Hall–Kier alpha value is -2.39. The normalized spacial score (nSPS) is 16.0. The second-order valence-electron chi connectivity index (χ2n) is 5.74. The predicted molar refractivity (Wildman–Crippen MR) is 91.4 cm³/mol. The van der Waals surface area contributed by atoms with E-state index in [-0.39, 0.29) is 5.56 Å². The van der Waals surface area contributed by atoms with Gasteiger partial charge in [-0.15, -0.1) is 0 Å². The van der Waals surface area contributed by atoms with E-state index in [1.165, 1.54) is 21.9 Å². The standard InChI is InChI=1S/C15H17N7OS/c1-11-9-13(23)22-15(18-11)24-12(19-22)10-20-5-7-21(8-6-20)14-16-3-2-4-17-14/h2-4,9H,5-8,10H2,1H3. The zero-order valence-electron chi connectivity index (χ0n) is 13.3. The van der Waals surface area contributed by atoms with Crippen LogP contribution >= 0.6 is 11.3 Å². The Bertz CT molecular complexity index is 899. The molecule has 1 saturated heterocycles. The molecule has 0 spiro atoms. The lowest BCUT2D eigenvalue weighted by Gasteiger charge is -2.34. The van der Waals surface area contributed by atoms with Gasteiger partial charge in [-0.05, 0) is 13.0 Å². The van der Waals surface area contributed by atoms with Gasteiger partial charge < -0.3 is 4.90 Å². The van der Waals surface area contributed by atoms with Gasteiger partial charge in [0.2, 0.25) is 10.9 Å². The maximum atomic E-state index is 11.9. The van der Waals surface area contributed by atoms with Gasteiger partial charge in [-0.3, -0.25) is 9.69 Å². The van der Waals surface area contributed by atoms with E-state index in [0.29, 0.717) is 4.96 Å². The number of hydrogen-bond donors (Lipinski definition) is 0. The zero-order valence-corrected chi connectivity index (χ0v) is 14.1. The van der Waals surface area contributed by atoms with Gasteiger partial charge in [-0.1, -0.05) is 11.3 Å². The molecule has 4 rings (SSSR count). The van der Waals surface area contributed by atoms with Crippen LogP contribution in [0.1, 0.15) is 10.7 Å². The lowest BCUT2D eigenvalue weighted by molar-refractivity contribution is 0.247. The maximum Gasteiger partial charge on any atom is 0.275 e. The summed E-state index contributed by atoms with van der Waals surface area (Å²) in [5.74, 6) is 0.781. The molecule has 0 amide bonds. The van der Waals surface area contributed by atoms with Crippen LogP contribution in [0.15, 0.2) is 29.3 Å². The van der Waals surface area contributed by atoms with Crippen molar-refractivity contribution in [2.75, 3.05) is 31.1 Å². The fraction of sp³-hybridized carbons (Fsp3) is 0.400. The van der Waals surface area contributed by atoms with Gasteiger partial charge in [0, 0.05) is 50.3 Å². The number of piperazine rings is 1. The molecule has 0 aromatic carbocycles. The number of aromatic nitrogens is 5. The molecule has 0 saturated carbocycles. The number of anilines is 1. The van der Waals surface area contributed by atoms with Gasteiger partial charge in [0.25, 0.3) is 5.56 Å². The van der Waals surface area contributed by atoms with Crippen molar-refractivity contribution in [1.29, 1.82) is 0 Å². The minimum Gasteiger partial charge on any atom is -0.338 e. The van der Waals surface area contributed by atoms with Gasteiger partial charge in [0.1, 0.15) is 5.01 Å². The summed E-state index contributed by atoms with van der Waals surface area (Å²) < 4.78 is 1.39. The van der Waals surface area contributed by atoms with E-state index in [4.69, 9.17) is 0 Å². The fourth-order valence-electron chi connectivity index (χ4n) is 2.78.